The number of alkyl halides is 3. The lowest BCUT2D eigenvalue weighted by Gasteiger charge is -2.28. The van der Waals surface area contributed by atoms with Crippen LogP contribution < -0.4 is 15.7 Å². The van der Waals surface area contributed by atoms with Crippen LogP contribution in [-0.4, -0.2) is 22.7 Å². The van der Waals surface area contributed by atoms with Crippen LogP contribution >= 0.6 is 0 Å². The number of aromatic nitrogens is 2. The van der Waals surface area contributed by atoms with E-state index >= 15 is 0 Å². The Morgan fingerprint density at radius 2 is 1.89 bits per heavy atom. The van der Waals surface area contributed by atoms with Gasteiger partial charge in [0.2, 0.25) is 0 Å². The minimum atomic E-state index is -4.58. The number of hydrogen-bond acceptors (Lipinski definition) is 4. The lowest BCUT2D eigenvalue weighted by atomic mass is 9.93. The monoisotopic (exact) mass is 389 g/mol. The maximum Gasteiger partial charge on any atom is 0.416 e. The van der Waals surface area contributed by atoms with E-state index in [1.54, 1.807) is 30.3 Å². The first-order valence-electron chi connectivity index (χ1n) is 8.92. The predicted molar refractivity (Wildman–Crippen MR) is 100 cm³/mol. The van der Waals surface area contributed by atoms with E-state index in [4.69, 9.17) is 4.74 Å². The molecule has 28 heavy (non-hydrogen) atoms. The van der Waals surface area contributed by atoms with Crippen molar-refractivity contribution in [3.05, 3.63) is 58.5 Å². The van der Waals surface area contributed by atoms with Crippen molar-refractivity contribution in [3.8, 4) is 11.4 Å². The summed E-state index contributed by atoms with van der Waals surface area (Å²) in [6.07, 6.45) is -1.67. The second-order valence-corrected chi connectivity index (χ2v) is 6.76. The molecule has 1 aromatic heterocycles. The summed E-state index contributed by atoms with van der Waals surface area (Å²) in [4.78, 5) is 16.9. The minimum absolute atomic E-state index is 0.0174. The molecule has 0 spiro atoms. The predicted octanol–water partition coefficient (Wildman–Crippen LogP) is 4.38. The van der Waals surface area contributed by atoms with Crippen molar-refractivity contribution in [2.45, 2.75) is 31.5 Å². The summed E-state index contributed by atoms with van der Waals surface area (Å²) in [6.45, 7) is 0. The fourth-order valence-corrected chi connectivity index (χ4v) is 3.32. The standard InChI is InChI=1S/C20H18F3N3O2/c1-28-16-11-12(20(21,22)23)10-15-17(16)18(24-13-6-5-7-13)25-19(27)26(15)14-8-3-2-4-9-14/h2-4,8-11,13H,5-7H2,1H3,(H,24,25,27). The smallest absolute Gasteiger partial charge is 0.416 e. The maximum atomic E-state index is 13.5. The van der Waals surface area contributed by atoms with Crippen LogP contribution in [0.15, 0.2) is 47.3 Å². The number of anilines is 1. The zero-order valence-corrected chi connectivity index (χ0v) is 15.1. The average Bonchev–Trinajstić information content (AvgIpc) is 2.63. The van der Waals surface area contributed by atoms with E-state index < -0.39 is 17.4 Å². The number of benzene rings is 2. The van der Waals surface area contributed by atoms with Crippen molar-refractivity contribution in [2.75, 3.05) is 12.4 Å². The van der Waals surface area contributed by atoms with E-state index in [-0.39, 0.29) is 23.1 Å². The van der Waals surface area contributed by atoms with Crippen molar-refractivity contribution in [1.82, 2.24) is 9.55 Å². The molecule has 1 heterocycles. The molecule has 4 rings (SSSR count). The molecule has 1 aliphatic rings. The summed E-state index contributed by atoms with van der Waals surface area (Å²) >= 11 is 0. The van der Waals surface area contributed by atoms with Crippen LogP contribution in [0.2, 0.25) is 0 Å². The third kappa shape index (κ3) is 3.19. The molecule has 1 saturated carbocycles. The van der Waals surface area contributed by atoms with Crippen LogP contribution in [0.25, 0.3) is 16.6 Å². The first-order chi connectivity index (χ1) is 13.4. The highest BCUT2D eigenvalue weighted by Crippen LogP contribution is 2.39. The Bertz CT molecular complexity index is 1070. The van der Waals surface area contributed by atoms with Gasteiger partial charge in [-0.1, -0.05) is 18.2 Å². The molecule has 0 bridgehead atoms. The Morgan fingerprint density at radius 1 is 1.18 bits per heavy atom. The van der Waals surface area contributed by atoms with Crippen molar-refractivity contribution < 1.29 is 17.9 Å². The first-order valence-corrected chi connectivity index (χ1v) is 8.92. The van der Waals surface area contributed by atoms with Crippen LogP contribution in [-0.2, 0) is 6.18 Å². The van der Waals surface area contributed by atoms with Crippen LogP contribution in [0.1, 0.15) is 24.8 Å². The van der Waals surface area contributed by atoms with Crippen LogP contribution in [0.4, 0.5) is 19.0 Å². The largest absolute Gasteiger partial charge is 0.496 e. The Labute approximate surface area is 158 Å². The summed E-state index contributed by atoms with van der Waals surface area (Å²) in [6, 6.07) is 10.5. The quantitative estimate of drug-likeness (QED) is 0.720. The molecule has 0 unspecified atom stereocenters. The number of nitrogens with one attached hydrogen (secondary N) is 1. The number of fused-ring (bicyclic) bond motifs is 1. The Kier molecular flexibility index (Phi) is 4.49. The zero-order valence-electron chi connectivity index (χ0n) is 15.1. The van der Waals surface area contributed by atoms with Gasteiger partial charge in [-0.25, -0.2) is 4.79 Å². The van der Waals surface area contributed by atoms with Crippen LogP contribution in [0.5, 0.6) is 5.75 Å². The second-order valence-electron chi connectivity index (χ2n) is 6.76. The highest BCUT2D eigenvalue weighted by atomic mass is 19.4. The topological polar surface area (TPSA) is 56.1 Å². The molecule has 3 aromatic rings. The van der Waals surface area contributed by atoms with Crippen LogP contribution in [0, 0.1) is 0 Å². The number of methoxy groups -OCH3 is 1. The lowest BCUT2D eigenvalue weighted by Crippen LogP contribution is -2.30. The van der Waals surface area contributed by atoms with E-state index in [0.29, 0.717) is 11.1 Å². The van der Waals surface area contributed by atoms with Gasteiger partial charge in [0.15, 0.2) is 0 Å². The highest BCUT2D eigenvalue weighted by Gasteiger charge is 2.33. The van der Waals surface area contributed by atoms with Gasteiger partial charge in [0.05, 0.1) is 29.3 Å². The third-order valence-electron chi connectivity index (χ3n) is 4.97. The summed E-state index contributed by atoms with van der Waals surface area (Å²) in [5.41, 5.74) is -1.01. The first kappa shape index (κ1) is 18.3. The zero-order chi connectivity index (χ0) is 19.9. The number of halogens is 3. The summed E-state index contributed by atoms with van der Waals surface area (Å²) in [5.74, 6) is 0.270. The molecule has 5 nitrogen and oxygen atoms in total. The third-order valence-corrected chi connectivity index (χ3v) is 4.97. The van der Waals surface area contributed by atoms with Gasteiger partial charge in [-0.2, -0.15) is 18.2 Å². The van der Waals surface area contributed by atoms with Crippen molar-refractivity contribution in [2.24, 2.45) is 0 Å². The van der Waals surface area contributed by atoms with Gasteiger partial charge in [0, 0.05) is 6.04 Å². The van der Waals surface area contributed by atoms with Gasteiger partial charge in [-0.15, -0.1) is 0 Å². The number of nitrogens with zero attached hydrogens (tertiary/aromatic N) is 2. The normalized spacial score (nSPS) is 14.7. The molecule has 0 amide bonds. The van der Waals surface area contributed by atoms with Gasteiger partial charge < -0.3 is 10.1 Å². The molecule has 0 aliphatic heterocycles. The molecule has 1 N–H and O–H groups in total. The minimum Gasteiger partial charge on any atom is -0.496 e. The number of ether oxygens (including phenoxy) is 1. The summed E-state index contributed by atoms with van der Waals surface area (Å²) < 4.78 is 46.9. The van der Waals surface area contributed by atoms with E-state index in [2.05, 4.69) is 10.3 Å². The number of hydrogen-bond donors (Lipinski definition) is 1. The molecule has 1 fully saturated rings. The van der Waals surface area contributed by atoms with Crippen LogP contribution in [0.3, 0.4) is 0 Å². The number of rotatable bonds is 4. The molecule has 0 radical (unpaired) electrons. The molecule has 0 saturated heterocycles. The average molecular weight is 389 g/mol. The van der Waals surface area contributed by atoms with E-state index in [0.717, 1.165) is 31.4 Å². The molecule has 1 aliphatic carbocycles. The Hall–Kier alpha value is -3.03. The van der Waals surface area contributed by atoms with E-state index in [9.17, 15) is 18.0 Å². The molecular formula is C20H18F3N3O2. The maximum absolute atomic E-state index is 13.5. The Balaban J connectivity index is 2.07. The summed E-state index contributed by atoms with van der Waals surface area (Å²) in [7, 11) is 1.31. The van der Waals surface area contributed by atoms with Gasteiger partial charge in [-0.05, 0) is 43.5 Å². The second kappa shape index (κ2) is 6.85. The fourth-order valence-electron chi connectivity index (χ4n) is 3.32. The van der Waals surface area contributed by atoms with Gasteiger partial charge in [-0.3, -0.25) is 4.57 Å². The highest BCUT2D eigenvalue weighted by molar-refractivity contribution is 5.96. The van der Waals surface area contributed by atoms with Crippen molar-refractivity contribution in [3.63, 3.8) is 0 Å². The van der Waals surface area contributed by atoms with E-state index in [1.165, 1.54) is 11.7 Å². The number of para-hydroxylation sites is 1. The molecule has 146 valence electrons. The fraction of sp³-hybridized carbons (Fsp3) is 0.300. The van der Waals surface area contributed by atoms with Gasteiger partial charge in [0.1, 0.15) is 11.6 Å². The van der Waals surface area contributed by atoms with Gasteiger partial charge >= 0.3 is 11.9 Å². The molecule has 2 aromatic carbocycles. The Morgan fingerprint density at radius 3 is 2.46 bits per heavy atom. The molecule has 8 heteroatoms. The molecular weight excluding hydrogens is 371 g/mol. The molecule has 0 atom stereocenters. The summed E-state index contributed by atoms with van der Waals surface area (Å²) in [5, 5.41) is 3.54. The van der Waals surface area contributed by atoms with Crippen molar-refractivity contribution >= 4 is 16.7 Å². The van der Waals surface area contributed by atoms with Crippen molar-refractivity contribution in [1.29, 1.82) is 0 Å². The van der Waals surface area contributed by atoms with Gasteiger partial charge in [0.25, 0.3) is 0 Å². The lowest BCUT2D eigenvalue weighted by molar-refractivity contribution is -0.137. The SMILES string of the molecule is COc1cc(C(F)(F)F)cc2c1c(NC1CCC1)nc(=O)n2-c1ccccc1. The van der Waals surface area contributed by atoms with E-state index in [1.807, 2.05) is 0 Å².